The van der Waals surface area contributed by atoms with Crippen LogP contribution in [-0.4, -0.2) is 107 Å². The van der Waals surface area contributed by atoms with Gasteiger partial charge in [0.25, 0.3) is 0 Å². The molecule has 5 atom stereocenters. The Balaban J connectivity index is 1.27. The first kappa shape index (κ1) is 34.5. The van der Waals surface area contributed by atoms with Crippen molar-refractivity contribution in [1.82, 2.24) is 20.4 Å². The Morgan fingerprint density at radius 1 is 1.28 bits per heavy atom. The lowest BCUT2D eigenvalue weighted by Gasteiger charge is -2.59. The molecule has 47 heavy (non-hydrogen) atoms. The molecule has 6 N–H and O–H groups in total. The van der Waals surface area contributed by atoms with Crippen molar-refractivity contribution in [3.05, 3.63) is 35.1 Å². The van der Waals surface area contributed by atoms with Crippen LogP contribution < -0.4 is 21.1 Å². The number of rotatable bonds is 12. The second-order valence-electron chi connectivity index (χ2n) is 13.7. The van der Waals surface area contributed by atoms with Crippen LogP contribution in [0.25, 0.3) is 0 Å². The smallest absolute Gasteiger partial charge is 0.414 e. The standard InChI is InChI=1S/C34H50N6O7/c1-20-8-11-26(42)29-28(20)33-14-17-40(19-24-9-10-24)21(2)34(33,45)13-12-27(30(33)47-29)46-32(44)39(5)18-16-37-31(43)25(38-23(4)41)7-6-15-36-22(3)35/h8,11-12,21,24-25,30,42,45H,6-7,9-10,13-19H2,1-5H3,(H2,35,36)(H,37,43)(H,38,41). The summed E-state index contributed by atoms with van der Waals surface area (Å²) in [6.45, 7) is 9.48. The molecule has 0 bridgehead atoms. The third kappa shape index (κ3) is 6.78. The number of aromatic hydroxyl groups is 1. The van der Waals surface area contributed by atoms with Crippen LogP contribution in [0.15, 0.2) is 29.0 Å². The minimum absolute atomic E-state index is 0.0110. The highest BCUT2D eigenvalue weighted by molar-refractivity contribution is 5.86. The number of aliphatic imine (C=N–C) groups is 1. The van der Waals surface area contributed by atoms with Crippen molar-refractivity contribution in [2.45, 2.75) is 95.4 Å². The Kier molecular flexibility index (Phi) is 10.1. The van der Waals surface area contributed by atoms with Crippen molar-refractivity contribution in [3.8, 4) is 11.5 Å². The fourth-order valence-electron chi connectivity index (χ4n) is 7.60. The van der Waals surface area contributed by atoms with E-state index in [0.717, 1.165) is 24.2 Å². The summed E-state index contributed by atoms with van der Waals surface area (Å²) in [4.78, 5) is 45.7. The van der Waals surface area contributed by atoms with Crippen LogP contribution in [0.4, 0.5) is 4.79 Å². The number of ether oxygens (including phenoxy) is 2. The molecule has 13 heteroatoms. The number of nitrogens with zero attached hydrogens (tertiary/aromatic N) is 3. The van der Waals surface area contributed by atoms with Gasteiger partial charge in [-0.05, 0) is 83.0 Å². The fraction of sp³-hybridized carbons (Fsp3) is 0.647. The molecule has 0 aromatic heterocycles. The van der Waals surface area contributed by atoms with E-state index in [-0.39, 0.29) is 43.1 Å². The molecular weight excluding hydrogens is 604 g/mol. The van der Waals surface area contributed by atoms with E-state index in [1.165, 1.54) is 24.7 Å². The van der Waals surface area contributed by atoms with Crippen molar-refractivity contribution in [1.29, 1.82) is 0 Å². The molecule has 1 aromatic carbocycles. The molecule has 13 nitrogen and oxygen atoms in total. The number of benzene rings is 1. The van der Waals surface area contributed by atoms with E-state index < -0.39 is 29.3 Å². The first-order chi connectivity index (χ1) is 22.3. The topological polar surface area (TPSA) is 179 Å². The molecule has 2 fully saturated rings. The molecule has 2 aliphatic carbocycles. The predicted molar refractivity (Wildman–Crippen MR) is 176 cm³/mol. The number of hydrogen-bond acceptors (Lipinski definition) is 9. The zero-order valence-electron chi connectivity index (χ0n) is 28.2. The van der Waals surface area contributed by atoms with Crippen molar-refractivity contribution in [2.24, 2.45) is 16.6 Å². The molecule has 2 aliphatic heterocycles. The maximum atomic E-state index is 13.4. The van der Waals surface area contributed by atoms with Crippen LogP contribution >= 0.6 is 0 Å². The lowest BCUT2D eigenvalue weighted by molar-refractivity contribution is -0.158. The number of fused-ring (bicyclic) bond motifs is 1. The molecule has 1 aromatic rings. The van der Waals surface area contributed by atoms with Gasteiger partial charge in [0.05, 0.1) is 16.9 Å². The van der Waals surface area contributed by atoms with Crippen LogP contribution in [-0.2, 0) is 19.7 Å². The molecule has 2 heterocycles. The summed E-state index contributed by atoms with van der Waals surface area (Å²) < 4.78 is 12.4. The number of likely N-dealkylation sites (N-methyl/N-ethyl adjacent to an activating group) is 1. The quantitative estimate of drug-likeness (QED) is 0.128. The van der Waals surface area contributed by atoms with Crippen molar-refractivity contribution >= 4 is 23.7 Å². The molecule has 258 valence electrons. The Morgan fingerprint density at radius 3 is 2.70 bits per heavy atom. The zero-order valence-corrected chi connectivity index (χ0v) is 28.2. The van der Waals surface area contributed by atoms with Crippen LogP contribution in [0.2, 0.25) is 0 Å². The van der Waals surface area contributed by atoms with E-state index in [1.807, 2.05) is 13.0 Å². The Morgan fingerprint density at radius 2 is 2.02 bits per heavy atom. The van der Waals surface area contributed by atoms with Gasteiger partial charge >= 0.3 is 6.09 Å². The number of carbonyl (C=O) groups is 3. The Labute approximate surface area is 276 Å². The number of phenols is 1. The van der Waals surface area contributed by atoms with E-state index in [2.05, 4.69) is 27.4 Å². The fourth-order valence-corrected chi connectivity index (χ4v) is 7.60. The van der Waals surface area contributed by atoms with E-state index in [0.29, 0.717) is 49.1 Å². The summed E-state index contributed by atoms with van der Waals surface area (Å²) >= 11 is 0. The molecule has 5 rings (SSSR count). The van der Waals surface area contributed by atoms with Gasteiger partial charge in [0, 0.05) is 58.2 Å². The number of amides is 3. The average Bonchev–Trinajstić information content (AvgIpc) is 3.76. The highest BCUT2D eigenvalue weighted by Crippen LogP contribution is 2.62. The second-order valence-corrected chi connectivity index (χ2v) is 13.7. The van der Waals surface area contributed by atoms with Gasteiger partial charge in [-0.3, -0.25) is 19.5 Å². The molecule has 3 amide bonds. The summed E-state index contributed by atoms with van der Waals surface area (Å²) in [6.07, 6.45) is 4.51. The summed E-state index contributed by atoms with van der Waals surface area (Å²) in [5, 5.41) is 28.9. The maximum absolute atomic E-state index is 13.4. The first-order valence-corrected chi connectivity index (χ1v) is 16.7. The Bertz CT molecular complexity index is 1440. The Hall–Kier alpha value is -3.84. The highest BCUT2D eigenvalue weighted by Gasteiger charge is 2.69. The predicted octanol–water partition coefficient (Wildman–Crippen LogP) is 2.07. The number of nitrogens with two attached hydrogens (primary N) is 1. The molecule has 1 spiro atoms. The van der Waals surface area contributed by atoms with E-state index in [1.54, 1.807) is 26.1 Å². The van der Waals surface area contributed by atoms with Crippen LogP contribution in [0.3, 0.4) is 0 Å². The largest absolute Gasteiger partial charge is 0.504 e. The number of aliphatic hydroxyl groups is 1. The van der Waals surface area contributed by atoms with Crippen molar-refractivity contribution in [2.75, 3.05) is 39.8 Å². The lowest BCUT2D eigenvalue weighted by Crippen LogP contribution is -2.72. The van der Waals surface area contributed by atoms with Gasteiger partial charge < -0.3 is 41.0 Å². The number of amidine groups is 1. The minimum Gasteiger partial charge on any atom is -0.504 e. The number of nitrogens with one attached hydrogen (secondary N) is 2. The van der Waals surface area contributed by atoms with Gasteiger partial charge in [0.15, 0.2) is 17.6 Å². The zero-order chi connectivity index (χ0) is 34.1. The number of piperidine rings is 1. The third-order valence-electron chi connectivity index (χ3n) is 10.3. The molecular formula is C34H50N6O7. The number of likely N-dealkylation sites (tertiary alicyclic amines) is 1. The van der Waals surface area contributed by atoms with Gasteiger partial charge in [-0.1, -0.05) is 6.07 Å². The van der Waals surface area contributed by atoms with Crippen molar-refractivity contribution in [3.63, 3.8) is 0 Å². The maximum Gasteiger partial charge on any atom is 0.414 e. The SMILES string of the molecule is CC(=O)NC(CCCN=C(C)N)C(=O)NCCN(C)C(=O)OC1=CCC2(O)C(C)N(CC3CC3)CCC23c2c(C)ccc(O)c2OC13. The number of aryl methyl sites for hydroxylation is 1. The lowest BCUT2D eigenvalue weighted by atomic mass is 9.54. The van der Waals surface area contributed by atoms with E-state index in [9.17, 15) is 24.6 Å². The van der Waals surface area contributed by atoms with Gasteiger partial charge in [0.1, 0.15) is 11.8 Å². The summed E-state index contributed by atoms with van der Waals surface area (Å²) in [5.74, 6) is 1.05. The van der Waals surface area contributed by atoms with Crippen LogP contribution in [0.1, 0.15) is 70.4 Å². The van der Waals surface area contributed by atoms with Gasteiger partial charge in [-0.25, -0.2) is 4.79 Å². The number of hydrogen-bond donors (Lipinski definition) is 5. The van der Waals surface area contributed by atoms with E-state index >= 15 is 0 Å². The monoisotopic (exact) mass is 654 g/mol. The summed E-state index contributed by atoms with van der Waals surface area (Å²) in [6, 6.07) is 2.51. The average molecular weight is 655 g/mol. The summed E-state index contributed by atoms with van der Waals surface area (Å²) in [7, 11) is 1.57. The molecule has 1 saturated heterocycles. The van der Waals surface area contributed by atoms with Crippen molar-refractivity contribution < 1.29 is 34.1 Å². The summed E-state index contributed by atoms with van der Waals surface area (Å²) in [5.41, 5.74) is 5.11. The minimum atomic E-state index is -1.22. The normalized spacial score (nSPS) is 27.4. The van der Waals surface area contributed by atoms with Crippen LogP contribution in [0, 0.1) is 12.8 Å². The molecule has 5 unspecified atom stereocenters. The van der Waals surface area contributed by atoms with Crippen LogP contribution in [0.5, 0.6) is 11.5 Å². The number of carbonyl (C=O) groups excluding carboxylic acids is 3. The van der Waals surface area contributed by atoms with Gasteiger partial charge in [-0.2, -0.15) is 0 Å². The van der Waals surface area contributed by atoms with Gasteiger partial charge in [-0.15, -0.1) is 0 Å². The highest BCUT2D eigenvalue weighted by atomic mass is 16.6. The van der Waals surface area contributed by atoms with Gasteiger partial charge in [0.2, 0.25) is 11.8 Å². The second kappa shape index (κ2) is 13.7. The third-order valence-corrected chi connectivity index (χ3v) is 10.3. The first-order valence-electron chi connectivity index (χ1n) is 16.7. The molecule has 0 radical (unpaired) electrons. The number of phenolic OH excluding ortho intramolecular Hbond substituents is 1. The molecule has 4 aliphatic rings. The van der Waals surface area contributed by atoms with E-state index in [4.69, 9.17) is 15.2 Å². The molecule has 1 saturated carbocycles.